The normalized spacial score (nSPS) is 34.2. The van der Waals surface area contributed by atoms with Crippen LogP contribution in [0.4, 0.5) is 0 Å². The van der Waals surface area contributed by atoms with E-state index < -0.39 is 5.97 Å². The second-order valence-corrected chi connectivity index (χ2v) is 5.33. The van der Waals surface area contributed by atoms with E-state index in [-0.39, 0.29) is 6.42 Å². The standard InChI is InChI=1S/C12H22N2O2/c1-9-6-11(9)13-7-10-2-4-14(8-10)5-3-12(15)16/h9-11,13H,2-8H2,1H3,(H,15,16)/t9-,10-,11-/m1/s1. The van der Waals surface area contributed by atoms with Gasteiger partial charge in [-0.2, -0.15) is 0 Å². The molecule has 2 fully saturated rings. The van der Waals surface area contributed by atoms with Gasteiger partial charge in [0, 0.05) is 19.1 Å². The highest BCUT2D eigenvalue weighted by Gasteiger charge is 2.33. The summed E-state index contributed by atoms with van der Waals surface area (Å²) >= 11 is 0. The van der Waals surface area contributed by atoms with E-state index in [2.05, 4.69) is 17.1 Å². The lowest BCUT2D eigenvalue weighted by Gasteiger charge is -2.15. The van der Waals surface area contributed by atoms with Crippen molar-refractivity contribution < 1.29 is 9.90 Å². The number of aliphatic carboxylic acids is 1. The zero-order valence-electron chi connectivity index (χ0n) is 9.98. The van der Waals surface area contributed by atoms with Crippen molar-refractivity contribution in [2.45, 2.75) is 32.2 Å². The number of hydrogen-bond acceptors (Lipinski definition) is 3. The van der Waals surface area contributed by atoms with Crippen molar-refractivity contribution in [1.29, 1.82) is 0 Å². The van der Waals surface area contributed by atoms with Crippen LogP contribution in [0, 0.1) is 11.8 Å². The molecule has 0 aromatic rings. The quantitative estimate of drug-likeness (QED) is 0.703. The average Bonchev–Trinajstić information content (AvgIpc) is 2.77. The molecule has 1 aliphatic heterocycles. The highest BCUT2D eigenvalue weighted by Crippen LogP contribution is 2.29. The van der Waals surface area contributed by atoms with Crippen molar-refractivity contribution in [2.75, 3.05) is 26.2 Å². The lowest BCUT2D eigenvalue weighted by Crippen LogP contribution is -2.29. The van der Waals surface area contributed by atoms with Gasteiger partial charge in [-0.25, -0.2) is 0 Å². The van der Waals surface area contributed by atoms with Gasteiger partial charge >= 0.3 is 5.97 Å². The minimum atomic E-state index is -0.687. The zero-order valence-corrected chi connectivity index (χ0v) is 9.98. The first kappa shape index (κ1) is 11.9. The molecule has 2 N–H and O–H groups in total. The number of nitrogens with one attached hydrogen (secondary N) is 1. The molecule has 2 aliphatic rings. The fourth-order valence-electron chi connectivity index (χ4n) is 2.46. The Morgan fingerprint density at radius 2 is 2.31 bits per heavy atom. The van der Waals surface area contributed by atoms with Gasteiger partial charge in [0.2, 0.25) is 0 Å². The van der Waals surface area contributed by atoms with Crippen LogP contribution >= 0.6 is 0 Å². The average molecular weight is 226 g/mol. The number of carbonyl (C=O) groups is 1. The molecule has 0 unspecified atom stereocenters. The summed E-state index contributed by atoms with van der Waals surface area (Å²) in [6.45, 7) is 6.25. The van der Waals surface area contributed by atoms with Gasteiger partial charge in [-0.05, 0) is 37.8 Å². The van der Waals surface area contributed by atoms with E-state index in [1.54, 1.807) is 0 Å². The minimum absolute atomic E-state index is 0.278. The molecule has 0 aromatic heterocycles. The maximum atomic E-state index is 10.5. The fraction of sp³-hybridized carbons (Fsp3) is 0.917. The number of carboxylic acid groups (broad SMARTS) is 1. The Bertz CT molecular complexity index is 257. The van der Waals surface area contributed by atoms with Gasteiger partial charge in [-0.3, -0.25) is 4.79 Å². The summed E-state index contributed by atoms with van der Waals surface area (Å²) < 4.78 is 0. The van der Waals surface area contributed by atoms with Gasteiger partial charge in [-0.15, -0.1) is 0 Å². The maximum Gasteiger partial charge on any atom is 0.304 e. The van der Waals surface area contributed by atoms with E-state index >= 15 is 0 Å². The Labute approximate surface area is 97.0 Å². The number of rotatable bonds is 6. The third-order valence-electron chi connectivity index (χ3n) is 3.79. The molecule has 92 valence electrons. The van der Waals surface area contributed by atoms with E-state index in [9.17, 15) is 4.79 Å². The molecule has 1 aliphatic carbocycles. The molecule has 1 saturated carbocycles. The summed E-state index contributed by atoms with van der Waals surface area (Å²) in [6, 6.07) is 0.757. The second-order valence-electron chi connectivity index (χ2n) is 5.33. The summed E-state index contributed by atoms with van der Waals surface area (Å²) in [6.07, 6.45) is 2.82. The molecular weight excluding hydrogens is 204 g/mol. The summed E-state index contributed by atoms with van der Waals surface area (Å²) in [7, 11) is 0. The van der Waals surface area contributed by atoms with Gasteiger partial charge in [0.25, 0.3) is 0 Å². The summed E-state index contributed by atoms with van der Waals surface area (Å²) in [5.74, 6) is 0.902. The van der Waals surface area contributed by atoms with E-state index in [1.165, 1.54) is 12.8 Å². The summed E-state index contributed by atoms with van der Waals surface area (Å²) in [5, 5.41) is 12.2. The van der Waals surface area contributed by atoms with Gasteiger partial charge in [0.05, 0.1) is 6.42 Å². The molecule has 4 heteroatoms. The predicted molar refractivity (Wildman–Crippen MR) is 62.4 cm³/mol. The Hall–Kier alpha value is -0.610. The number of likely N-dealkylation sites (tertiary alicyclic amines) is 1. The van der Waals surface area contributed by atoms with Crippen molar-refractivity contribution in [3.63, 3.8) is 0 Å². The third kappa shape index (κ3) is 3.46. The smallest absolute Gasteiger partial charge is 0.304 e. The van der Waals surface area contributed by atoms with Crippen molar-refractivity contribution in [3.05, 3.63) is 0 Å². The Morgan fingerprint density at radius 3 is 2.94 bits per heavy atom. The Kier molecular flexibility index (Phi) is 3.82. The van der Waals surface area contributed by atoms with E-state index in [0.29, 0.717) is 6.54 Å². The second kappa shape index (κ2) is 5.15. The van der Waals surface area contributed by atoms with Crippen LogP contribution < -0.4 is 5.32 Å². The van der Waals surface area contributed by atoms with E-state index in [0.717, 1.165) is 37.5 Å². The van der Waals surface area contributed by atoms with Crippen LogP contribution in [0.5, 0.6) is 0 Å². The van der Waals surface area contributed by atoms with Gasteiger partial charge in [0.1, 0.15) is 0 Å². The van der Waals surface area contributed by atoms with Crippen molar-refractivity contribution in [2.24, 2.45) is 11.8 Å². The predicted octanol–water partition coefficient (Wildman–Crippen LogP) is 0.781. The molecule has 1 heterocycles. The lowest BCUT2D eigenvalue weighted by molar-refractivity contribution is -0.137. The minimum Gasteiger partial charge on any atom is -0.481 e. The van der Waals surface area contributed by atoms with Crippen LogP contribution in [0.3, 0.4) is 0 Å². The molecule has 0 spiro atoms. The van der Waals surface area contributed by atoms with Crippen molar-refractivity contribution >= 4 is 5.97 Å². The first-order valence-electron chi connectivity index (χ1n) is 6.32. The van der Waals surface area contributed by atoms with Crippen molar-refractivity contribution in [3.8, 4) is 0 Å². The number of nitrogens with zero attached hydrogens (tertiary/aromatic N) is 1. The highest BCUT2D eigenvalue weighted by molar-refractivity contribution is 5.66. The van der Waals surface area contributed by atoms with Crippen LogP contribution in [0.15, 0.2) is 0 Å². The Balaban J connectivity index is 1.58. The Morgan fingerprint density at radius 1 is 1.56 bits per heavy atom. The monoisotopic (exact) mass is 226 g/mol. The zero-order chi connectivity index (χ0) is 11.5. The summed E-state index contributed by atoms with van der Waals surface area (Å²) in [5.41, 5.74) is 0. The molecule has 0 bridgehead atoms. The maximum absolute atomic E-state index is 10.5. The van der Waals surface area contributed by atoms with E-state index in [1.807, 2.05) is 0 Å². The molecule has 0 aromatic carbocycles. The van der Waals surface area contributed by atoms with Crippen LogP contribution in [-0.2, 0) is 4.79 Å². The number of hydrogen-bond donors (Lipinski definition) is 2. The number of carboxylic acids is 1. The third-order valence-corrected chi connectivity index (χ3v) is 3.79. The van der Waals surface area contributed by atoms with Crippen LogP contribution in [0.25, 0.3) is 0 Å². The molecule has 4 nitrogen and oxygen atoms in total. The molecule has 1 saturated heterocycles. The molecule has 0 amide bonds. The lowest BCUT2D eigenvalue weighted by atomic mass is 10.1. The molecule has 3 atom stereocenters. The van der Waals surface area contributed by atoms with Crippen LogP contribution in [-0.4, -0.2) is 48.2 Å². The molecule has 2 rings (SSSR count). The first-order chi connectivity index (χ1) is 7.65. The SMILES string of the molecule is C[C@@H]1C[C@H]1NC[C@H]1CCN(CCC(=O)O)C1. The van der Waals surface area contributed by atoms with Gasteiger partial charge < -0.3 is 15.3 Å². The van der Waals surface area contributed by atoms with Gasteiger partial charge in [-0.1, -0.05) is 6.92 Å². The fourth-order valence-corrected chi connectivity index (χ4v) is 2.46. The largest absolute Gasteiger partial charge is 0.481 e. The highest BCUT2D eigenvalue weighted by atomic mass is 16.4. The summed E-state index contributed by atoms with van der Waals surface area (Å²) in [4.78, 5) is 12.7. The van der Waals surface area contributed by atoms with E-state index in [4.69, 9.17) is 5.11 Å². The topological polar surface area (TPSA) is 52.6 Å². The van der Waals surface area contributed by atoms with Gasteiger partial charge in [0.15, 0.2) is 0 Å². The van der Waals surface area contributed by atoms with Crippen molar-refractivity contribution in [1.82, 2.24) is 10.2 Å². The van der Waals surface area contributed by atoms with Crippen LogP contribution in [0.1, 0.15) is 26.2 Å². The molecular formula is C12H22N2O2. The first-order valence-corrected chi connectivity index (χ1v) is 6.32. The van der Waals surface area contributed by atoms with Crippen LogP contribution in [0.2, 0.25) is 0 Å². The molecule has 16 heavy (non-hydrogen) atoms. The molecule has 0 radical (unpaired) electrons.